The summed E-state index contributed by atoms with van der Waals surface area (Å²) in [7, 11) is 1.25. The molecule has 0 aliphatic heterocycles. The summed E-state index contributed by atoms with van der Waals surface area (Å²) < 4.78 is 4.61. The highest BCUT2D eigenvalue weighted by molar-refractivity contribution is 7.14. The molecule has 0 radical (unpaired) electrons. The van der Waals surface area contributed by atoms with Crippen LogP contribution in [0.4, 0.5) is 0 Å². The van der Waals surface area contributed by atoms with Crippen LogP contribution in [0.5, 0.6) is 5.75 Å². The van der Waals surface area contributed by atoms with E-state index in [0.717, 1.165) is 11.3 Å². The van der Waals surface area contributed by atoms with Crippen molar-refractivity contribution in [3.8, 4) is 5.75 Å². The Bertz CT molecular complexity index is 762. The molecule has 2 aromatic rings. The smallest absolute Gasteiger partial charge is 0.337 e. The fraction of sp³-hybridized carbons (Fsp3) is 0.188. The number of ketones is 1. The van der Waals surface area contributed by atoms with Crippen molar-refractivity contribution in [3.63, 3.8) is 0 Å². The first-order valence-corrected chi connectivity index (χ1v) is 7.50. The fourth-order valence-electron chi connectivity index (χ4n) is 1.98. The molecule has 0 atom stereocenters. The number of carbonyl (C=O) groups excluding carboxylic acids is 2. The van der Waals surface area contributed by atoms with Crippen LogP contribution >= 0.6 is 11.3 Å². The van der Waals surface area contributed by atoms with E-state index in [0.29, 0.717) is 10.4 Å². The Morgan fingerprint density at radius 3 is 2.52 bits per heavy atom. The van der Waals surface area contributed by atoms with Crippen LogP contribution in [-0.4, -0.2) is 35.0 Å². The van der Waals surface area contributed by atoms with Gasteiger partial charge in [-0.2, -0.15) is 0 Å². The number of hydrogen-bond acceptors (Lipinski definition) is 6. The number of methoxy groups -OCH3 is 1. The van der Waals surface area contributed by atoms with Crippen molar-refractivity contribution in [2.45, 2.75) is 12.8 Å². The minimum Gasteiger partial charge on any atom is -0.507 e. The summed E-state index contributed by atoms with van der Waals surface area (Å²) in [6.07, 6.45) is 0.0286. The van der Waals surface area contributed by atoms with Crippen molar-refractivity contribution in [2.75, 3.05) is 7.11 Å². The van der Waals surface area contributed by atoms with Crippen LogP contribution in [0.2, 0.25) is 0 Å². The molecule has 1 aromatic heterocycles. The van der Waals surface area contributed by atoms with E-state index in [1.807, 2.05) is 0 Å². The molecule has 0 fully saturated rings. The topological polar surface area (TPSA) is 101 Å². The van der Waals surface area contributed by atoms with Crippen LogP contribution in [0.25, 0.3) is 0 Å². The van der Waals surface area contributed by atoms with Gasteiger partial charge in [0.15, 0.2) is 0 Å². The van der Waals surface area contributed by atoms with Crippen LogP contribution < -0.4 is 0 Å². The summed E-state index contributed by atoms with van der Waals surface area (Å²) in [6.45, 7) is 0. The second kappa shape index (κ2) is 7.06. The van der Waals surface area contributed by atoms with E-state index >= 15 is 0 Å². The van der Waals surface area contributed by atoms with Gasteiger partial charge in [-0.05, 0) is 18.6 Å². The van der Waals surface area contributed by atoms with Gasteiger partial charge in [-0.25, -0.2) is 4.79 Å². The highest BCUT2D eigenvalue weighted by Gasteiger charge is 2.18. The number of carboxylic acids is 1. The first-order chi connectivity index (χ1) is 10.9. The van der Waals surface area contributed by atoms with Gasteiger partial charge in [0.2, 0.25) is 5.78 Å². The van der Waals surface area contributed by atoms with E-state index < -0.39 is 11.9 Å². The molecule has 2 N–H and O–H groups in total. The number of ether oxygens (including phenoxy) is 1. The van der Waals surface area contributed by atoms with E-state index in [1.54, 1.807) is 12.1 Å². The molecule has 0 unspecified atom stereocenters. The maximum absolute atomic E-state index is 12.4. The van der Waals surface area contributed by atoms with Crippen molar-refractivity contribution in [2.24, 2.45) is 0 Å². The van der Waals surface area contributed by atoms with E-state index in [9.17, 15) is 19.5 Å². The van der Waals surface area contributed by atoms with E-state index in [-0.39, 0.29) is 34.8 Å². The quantitative estimate of drug-likeness (QED) is 0.622. The number of rotatable bonds is 6. The average molecular weight is 334 g/mol. The standard InChI is InChI=1S/C16H14O6S/c1-22-16(21)10-4-2-3-9(7-10)15(20)13-8-11(17)12(23-13)5-6-14(18)19/h2-4,7-8,17H,5-6H2,1H3,(H,18,19). The number of hydrogen-bond donors (Lipinski definition) is 2. The molecule has 0 aliphatic rings. The van der Waals surface area contributed by atoms with Crippen molar-refractivity contribution in [1.82, 2.24) is 0 Å². The van der Waals surface area contributed by atoms with Gasteiger partial charge in [-0.3, -0.25) is 9.59 Å². The number of aryl methyl sites for hydroxylation is 1. The number of carbonyl (C=O) groups is 3. The zero-order valence-electron chi connectivity index (χ0n) is 12.2. The largest absolute Gasteiger partial charge is 0.507 e. The van der Waals surface area contributed by atoms with Crippen LogP contribution in [0.15, 0.2) is 30.3 Å². The molecule has 7 heteroatoms. The van der Waals surface area contributed by atoms with Gasteiger partial charge in [-0.1, -0.05) is 12.1 Å². The van der Waals surface area contributed by atoms with Gasteiger partial charge in [0.1, 0.15) is 5.75 Å². The minimum absolute atomic E-state index is 0.0938. The normalized spacial score (nSPS) is 10.3. The minimum atomic E-state index is -0.976. The SMILES string of the molecule is COC(=O)c1cccc(C(=O)c2cc(O)c(CCC(=O)O)s2)c1. The molecule has 6 nitrogen and oxygen atoms in total. The van der Waals surface area contributed by atoms with Gasteiger partial charge in [0.25, 0.3) is 0 Å². The Hall–Kier alpha value is -2.67. The van der Waals surface area contributed by atoms with Crippen LogP contribution in [0.1, 0.15) is 36.9 Å². The molecular formula is C16H14O6S. The molecule has 0 aliphatic carbocycles. The summed E-state index contributed by atoms with van der Waals surface area (Å²) >= 11 is 1.05. The van der Waals surface area contributed by atoms with Crippen molar-refractivity contribution in [3.05, 3.63) is 51.2 Å². The number of aliphatic carboxylic acids is 1. The zero-order valence-corrected chi connectivity index (χ0v) is 13.1. The van der Waals surface area contributed by atoms with Gasteiger partial charge in [0, 0.05) is 16.5 Å². The van der Waals surface area contributed by atoms with Crippen molar-refractivity contribution in [1.29, 1.82) is 0 Å². The van der Waals surface area contributed by atoms with E-state index in [2.05, 4.69) is 4.74 Å². The summed E-state index contributed by atoms with van der Waals surface area (Å²) in [5.41, 5.74) is 0.546. The molecule has 2 rings (SSSR count). The molecule has 23 heavy (non-hydrogen) atoms. The van der Waals surface area contributed by atoms with Crippen molar-refractivity contribution < 1.29 is 29.3 Å². The van der Waals surface area contributed by atoms with Crippen molar-refractivity contribution >= 4 is 29.1 Å². The lowest BCUT2D eigenvalue weighted by molar-refractivity contribution is -0.136. The predicted molar refractivity (Wildman–Crippen MR) is 83.2 cm³/mol. The first-order valence-electron chi connectivity index (χ1n) is 6.69. The monoisotopic (exact) mass is 334 g/mol. The summed E-state index contributed by atoms with van der Waals surface area (Å²) in [5.74, 6) is -1.96. The van der Waals surface area contributed by atoms with Gasteiger partial charge < -0.3 is 14.9 Å². The lowest BCUT2D eigenvalue weighted by Crippen LogP contribution is -2.04. The molecule has 0 amide bonds. The molecule has 1 heterocycles. The third-order valence-electron chi connectivity index (χ3n) is 3.12. The Morgan fingerprint density at radius 1 is 1.17 bits per heavy atom. The Morgan fingerprint density at radius 2 is 1.87 bits per heavy atom. The second-order valence-electron chi connectivity index (χ2n) is 4.71. The lowest BCUT2D eigenvalue weighted by Gasteiger charge is -2.02. The van der Waals surface area contributed by atoms with E-state index in [1.165, 1.54) is 25.3 Å². The summed E-state index contributed by atoms with van der Waals surface area (Å²) in [5, 5.41) is 18.5. The third kappa shape index (κ3) is 3.95. The van der Waals surface area contributed by atoms with Crippen LogP contribution in [0, 0.1) is 0 Å². The second-order valence-corrected chi connectivity index (χ2v) is 5.85. The molecule has 0 bridgehead atoms. The molecule has 0 saturated carbocycles. The Balaban J connectivity index is 2.25. The van der Waals surface area contributed by atoms with Gasteiger partial charge >= 0.3 is 11.9 Å². The maximum Gasteiger partial charge on any atom is 0.337 e. The van der Waals surface area contributed by atoms with Crippen LogP contribution in [0.3, 0.4) is 0 Å². The van der Waals surface area contributed by atoms with Crippen LogP contribution in [-0.2, 0) is 16.0 Å². The van der Waals surface area contributed by atoms with Gasteiger partial charge in [0.05, 0.1) is 24.0 Å². The summed E-state index contributed by atoms with van der Waals surface area (Å²) in [6, 6.07) is 7.39. The third-order valence-corrected chi connectivity index (χ3v) is 4.31. The molecular weight excluding hydrogens is 320 g/mol. The highest BCUT2D eigenvalue weighted by Crippen LogP contribution is 2.31. The fourth-order valence-corrected chi connectivity index (χ4v) is 2.99. The number of thiophene rings is 1. The number of aromatic hydroxyl groups is 1. The first kappa shape index (κ1) is 16.7. The lowest BCUT2D eigenvalue weighted by atomic mass is 10.1. The highest BCUT2D eigenvalue weighted by atomic mass is 32.1. The van der Waals surface area contributed by atoms with E-state index in [4.69, 9.17) is 5.11 Å². The Kier molecular flexibility index (Phi) is 5.13. The van der Waals surface area contributed by atoms with Gasteiger partial charge in [-0.15, -0.1) is 11.3 Å². The number of carboxylic acid groups (broad SMARTS) is 1. The number of benzene rings is 1. The zero-order chi connectivity index (χ0) is 17.0. The average Bonchev–Trinajstić information content (AvgIpc) is 2.92. The maximum atomic E-state index is 12.4. The Labute approximate surface area is 136 Å². The molecule has 0 spiro atoms. The molecule has 0 saturated heterocycles. The molecule has 120 valence electrons. The molecule has 1 aromatic carbocycles. The predicted octanol–water partition coefficient (Wildman–Crippen LogP) is 2.49. The number of esters is 1. The summed E-state index contributed by atoms with van der Waals surface area (Å²) in [4.78, 5) is 35.3.